The Morgan fingerprint density at radius 1 is 1.12 bits per heavy atom. The van der Waals surface area contributed by atoms with Crippen LogP contribution < -0.4 is 16.0 Å². The summed E-state index contributed by atoms with van der Waals surface area (Å²) in [7, 11) is 1.63. The molecular weight excluding hydrogens is 308 g/mol. The highest BCUT2D eigenvalue weighted by atomic mass is 16.2. The SMILES string of the molecule is C=CCNC(=O)NC(=O)CN(C)CC(=O)Nc1c(C)cccc1C. The summed E-state index contributed by atoms with van der Waals surface area (Å²) in [5.41, 5.74) is 2.73. The molecule has 3 N–H and O–H groups in total. The number of carbonyl (C=O) groups is 3. The Bertz CT molecular complexity index is 608. The van der Waals surface area contributed by atoms with Crippen molar-refractivity contribution >= 4 is 23.5 Å². The van der Waals surface area contributed by atoms with Gasteiger partial charge in [-0.05, 0) is 32.0 Å². The molecule has 24 heavy (non-hydrogen) atoms. The van der Waals surface area contributed by atoms with Crippen LogP contribution in [-0.2, 0) is 9.59 Å². The van der Waals surface area contributed by atoms with Gasteiger partial charge in [0.05, 0.1) is 13.1 Å². The lowest BCUT2D eigenvalue weighted by Crippen LogP contribution is -2.45. The third kappa shape index (κ3) is 6.62. The van der Waals surface area contributed by atoms with Crippen LogP contribution in [0.2, 0.25) is 0 Å². The van der Waals surface area contributed by atoms with Gasteiger partial charge in [0, 0.05) is 12.2 Å². The average molecular weight is 332 g/mol. The highest BCUT2D eigenvalue weighted by Gasteiger charge is 2.14. The second-order valence-corrected chi connectivity index (χ2v) is 5.53. The monoisotopic (exact) mass is 332 g/mol. The zero-order valence-electron chi connectivity index (χ0n) is 14.3. The van der Waals surface area contributed by atoms with Crippen LogP contribution in [0.4, 0.5) is 10.5 Å². The number of anilines is 1. The molecule has 0 saturated heterocycles. The number of urea groups is 1. The molecule has 7 nitrogen and oxygen atoms in total. The van der Waals surface area contributed by atoms with Crippen LogP contribution in [0, 0.1) is 13.8 Å². The second kappa shape index (κ2) is 9.46. The molecule has 0 fully saturated rings. The summed E-state index contributed by atoms with van der Waals surface area (Å²) in [4.78, 5) is 36.7. The third-order valence-corrected chi connectivity index (χ3v) is 3.23. The van der Waals surface area contributed by atoms with Crippen LogP contribution >= 0.6 is 0 Å². The predicted molar refractivity (Wildman–Crippen MR) is 93.8 cm³/mol. The minimum Gasteiger partial charge on any atom is -0.334 e. The van der Waals surface area contributed by atoms with Gasteiger partial charge in [-0.2, -0.15) is 0 Å². The molecule has 1 aromatic carbocycles. The first kappa shape index (κ1) is 19.4. The van der Waals surface area contributed by atoms with Gasteiger partial charge >= 0.3 is 6.03 Å². The average Bonchev–Trinajstić information content (AvgIpc) is 2.48. The van der Waals surface area contributed by atoms with Crippen LogP contribution in [0.1, 0.15) is 11.1 Å². The summed E-state index contributed by atoms with van der Waals surface area (Å²) in [5, 5.41) is 7.46. The van der Waals surface area contributed by atoms with Crippen LogP contribution in [0.5, 0.6) is 0 Å². The van der Waals surface area contributed by atoms with Crippen molar-refractivity contribution in [1.82, 2.24) is 15.5 Å². The molecule has 0 spiro atoms. The molecular formula is C17H24N4O3. The van der Waals surface area contributed by atoms with Crippen molar-refractivity contribution in [2.24, 2.45) is 0 Å². The number of amides is 4. The fraction of sp³-hybridized carbons (Fsp3) is 0.353. The predicted octanol–water partition coefficient (Wildman–Crippen LogP) is 1.19. The lowest BCUT2D eigenvalue weighted by molar-refractivity contribution is -0.122. The smallest absolute Gasteiger partial charge is 0.321 e. The van der Waals surface area contributed by atoms with E-state index in [-0.39, 0.29) is 25.5 Å². The number of hydrogen-bond acceptors (Lipinski definition) is 4. The van der Waals surface area contributed by atoms with Gasteiger partial charge in [0.25, 0.3) is 0 Å². The number of nitrogens with zero attached hydrogens (tertiary/aromatic N) is 1. The number of imide groups is 1. The van der Waals surface area contributed by atoms with Gasteiger partial charge in [-0.15, -0.1) is 6.58 Å². The number of nitrogens with one attached hydrogen (secondary N) is 3. The minimum absolute atomic E-state index is 0.0372. The van der Waals surface area contributed by atoms with E-state index in [2.05, 4.69) is 22.5 Å². The Morgan fingerprint density at radius 2 is 1.71 bits per heavy atom. The Hall–Kier alpha value is -2.67. The van der Waals surface area contributed by atoms with Crippen LogP contribution in [0.15, 0.2) is 30.9 Å². The molecule has 7 heteroatoms. The maximum absolute atomic E-state index is 12.1. The van der Waals surface area contributed by atoms with E-state index in [9.17, 15) is 14.4 Å². The molecule has 0 atom stereocenters. The summed E-state index contributed by atoms with van der Waals surface area (Å²) in [5.74, 6) is -0.710. The number of rotatable bonds is 7. The summed E-state index contributed by atoms with van der Waals surface area (Å²) in [6, 6.07) is 5.17. The topological polar surface area (TPSA) is 90.5 Å². The summed E-state index contributed by atoms with van der Waals surface area (Å²) in [6.07, 6.45) is 1.51. The molecule has 0 aliphatic rings. The summed E-state index contributed by atoms with van der Waals surface area (Å²) >= 11 is 0. The van der Waals surface area contributed by atoms with E-state index in [0.29, 0.717) is 0 Å². The van der Waals surface area contributed by atoms with Crippen LogP contribution in [0.25, 0.3) is 0 Å². The second-order valence-electron chi connectivity index (χ2n) is 5.53. The van der Waals surface area contributed by atoms with Crippen molar-refractivity contribution in [1.29, 1.82) is 0 Å². The largest absolute Gasteiger partial charge is 0.334 e. The van der Waals surface area contributed by atoms with Crippen molar-refractivity contribution in [3.05, 3.63) is 42.0 Å². The number of hydrogen-bond donors (Lipinski definition) is 3. The summed E-state index contributed by atoms with van der Waals surface area (Å²) < 4.78 is 0. The number of aryl methyl sites for hydroxylation is 2. The molecule has 0 aliphatic heterocycles. The molecule has 4 amide bonds. The molecule has 0 aliphatic carbocycles. The molecule has 0 aromatic heterocycles. The summed E-state index contributed by atoms with van der Waals surface area (Å²) in [6.45, 7) is 7.54. The number of carbonyl (C=O) groups excluding carboxylic acids is 3. The van der Waals surface area contributed by atoms with E-state index in [1.165, 1.54) is 11.0 Å². The Morgan fingerprint density at radius 3 is 2.29 bits per heavy atom. The van der Waals surface area contributed by atoms with E-state index in [1.54, 1.807) is 7.05 Å². The van der Waals surface area contributed by atoms with Crippen molar-refractivity contribution in [3.8, 4) is 0 Å². The first-order valence-electron chi connectivity index (χ1n) is 7.56. The highest BCUT2D eigenvalue weighted by Crippen LogP contribution is 2.19. The molecule has 0 bridgehead atoms. The van der Waals surface area contributed by atoms with Gasteiger partial charge in [-0.1, -0.05) is 24.3 Å². The minimum atomic E-state index is -0.590. The van der Waals surface area contributed by atoms with Crippen molar-refractivity contribution in [2.75, 3.05) is 32.0 Å². The first-order valence-corrected chi connectivity index (χ1v) is 7.56. The van der Waals surface area contributed by atoms with E-state index in [0.717, 1.165) is 16.8 Å². The lowest BCUT2D eigenvalue weighted by atomic mass is 10.1. The van der Waals surface area contributed by atoms with Crippen molar-refractivity contribution in [3.63, 3.8) is 0 Å². The standard InChI is InChI=1S/C17H24N4O3/c1-5-9-18-17(24)20-15(23)11-21(4)10-14(22)19-16-12(2)7-6-8-13(16)3/h5-8H,1,9-11H2,2-4H3,(H,19,22)(H2,18,20,23,24). The van der Waals surface area contributed by atoms with Crippen LogP contribution in [0.3, 0.4) is 0 Å². The maximum Gasteiger partial charge on any atom is 0.321 e. The molecule has 130 valence electrons. The molecule has 0 saturated carbocycles. The molecule has 0 radical (unpaired) electrons. The Labute approximate surface area is 142 Å². The Kier molecular flexibility index (Phi) is 7.64. The zero-order chi connectivity index (χ0) is 18.1. The van der Waals surface area contributed by atoms with E-state index < -0.39 is 11.9 Å². The van der Waals surface area contributed by atoms with Gasteiger partial charge in [0.1, 0.15) is 0 Å². The van der Waals surface area contributed by atoms with Gasteiger partial charge in [0.15, 0.2) is 0 Å². The van der Waals surface area contributed by atoms with Gasteiger partial charge in [-0.3, -0.25) is 19.8 Å². The fourth-order valence-electron chi connectivity index (χ4n) is 2.11. The fourth-order valence-corrected chi connectivity index (χ4v) is 2.11. The van der Waals surface area contributed by atoms with E-state index in [4.69, 9.17) is 0 Å². The third-order valence-electron chi connectivity index (χ3n) is 3.23. The molecule has 1 rings (SSSR count). The zero-order valence-corrected chi connectivity index (χ0v) is 14.3. The van der Waals surface area contributed by atoms with Gasteiger partial charge in [-0.25, -0.2) is 4.79 Å². The van der Waals surface area contributed by atoms with Crippen molar-refractivity contribution in [2.45, 2.75) is 13.8 Å². The number of likely N-dealkylation sites (N-methyl/N-ethyl adjacent to an activating group) is 1. The highest BCUT2D eigenvalue weighted by molar-refractivity contribution is 5.96. The quantitative estimate of drug-likeness (QED) is 0.654. The van der Waals surface area contributed by atoms with Gasteiger partial charge in [0.2, 0.25) is 11.8 Å². The number of benzene rings is 1. The van der Waals surface area contributed by atoms with E-state index in [1.807, 2.05) is 32.0 Å². The Balaban J connectivity index is 2.45. The molecule has 0 unspecified atom stereocenters. The first-order chi connectivity index (χ1) is 11.3. The lowest BCUT2D eigenvalue weighted by Gasteiger charge is -2.17. The van der Waals surface area contributed by atoms with E-state index >= 15 is 0 Å². The molecule has 1 aromatic rings. The molecule has 0 heterocycles. The van der Waals surface area contributed by atoms with Crippen LogP contribution in [-0.4, -0.2) is 49.4 Å². The normalized spacial score (nSPS) is 10.2. The number of para-hydroxylation sites is 1. The van der Waals surface area contributed by atoms with Crippen molar-refractivity contribution < 1.29 is 14.4 Å². The van der Waals surface area contributed by atoms with Gasteiger partial charge < -0.3 is 10.6 Å². The maximum atomic E-state index is 12.1.